The zero-order chi connectivity index (χ0) is 15.7. The lowest BCUT2D eigenvalue weighted by Gasteiger charge is -2.36. The fraction of sp³-hybridized carbons (Fsp3) is 0.222. The van der Waals surface area contributed by atoms with Gasteiger partial charge in [0.2, 0.25) is 0 Å². The predicted molar refractivity (Wildman–Crippen MR) is 85.6 cm³/mol. The van der Waals surface area contributed by atoms with E-state index < -0.39 is 5.72 Å². The maximum absolute atomic E-state index is 12.6. The van der Waals surface area contributed by atoms with Crippen molar-refractivity contribution >= 4 is 11.5 Å². The molecule has 2 heterocycles. The molecule has 0 aliphatic carbocycles. The topological polar surface area (TPSA) is 51.2 Å². The van der Waals surface area contributed by atoms with Gasteiger partial charge in [0.25, 0.3) is 0 Å². The summed E-state index contributed by atoms with van der Waals surface area (Å²) >= 11 is 0. The summed E-state index contributed by atoms with van der Waals surface area (Å²) in [6, 6.07) is 9.44. The summed E-state index contributed by atoms with van der Waals surface area (Å²) in [4.78, 5) is 16.6. The average Bonchev–Trinajstić information content (AvgIpc) is 2.46. The fourth-order valence-electron chi connectivity index (χ4n) is 2.54. The number of hydrogen-bond donors (Lipinski definition) is 1. The highest BCUT2D eigenvalue weighted by molar-refractivity contribution is 6.09. The lowest BCUT2D eigenvalue weighted by Crippen LogP contribution is -2.46. The van der Waals surface area contributed by atoms with E-state index in [2.05, 4.69) is 10.3 Å². The average molecular weight is 294 g/mol. The summed E-state index contributed by atoms with van der Waals surface area (Å²) in [6.07, 6.45) is 4.96. The predicted octanol–water partition coefficient (Wildman–Crippen LogP) is 3.33. The summed E-state index contributed by atoms with van der Waals surface area (Å²) in [6.45, 7) is 5.74. The number of rotatable bonds is 2. The molecular formula is C18H18N2O2. The van der Waals surface area contributed by atoms with E-state index in [0.29, 0.717) is 5.56 Å². The lowest BCUT2D eigenvalue weighted by atomic mass is 10.0. The number of carbonyl (C=O) groups is 1. The van der Waals surface area contributed by atoms with Crippen LogP contribution in [0.4, 0.5) is 0 Å². The van der Waals surface area contributed by atoms with Gasteiger partial charge in [0.1, 0.15) is 5.75 Å². The number of nitrogens with zero attached hydrogens (tertiary/aromatic N) is 1. The van der Waals surface area contributed by atoms with E-state index in [1.165, 1.54) is 0 Å². The van der Waals surface area contributed by atoms with E-state index in [1.54, 1.807) is 24.5 Å². The van der Waals surface area contributed by atoms with E-state index >= 15 is 0 Å². The molecule has 0 radical (unpaired) electrons. The number of aryl methyl sites for hydroxylation is 1. The van der Waals surface area contributed by atoms with E-state index in [9.17, 15) is 4.79 Å². The van der Waals surface area contributed by atoms with Crippen molar-refractivity contribution in [1.29, 1.82) is 0 Å². The molecule has 1 aromatic heterocycles. The molecule has 0 fully saturated rings. The molecule has 1 aliphatic rings. The van der Waals surface area contributed by atoms with Gasteiger partial charge in [0, 0.05) is 29.6 Å². The fourth-order valence-corrected chi connectivity index (χ4v) is 2.54. The van der Waals surface area contributed by atoms with Crippen molar-refractivity contribution in [3.63, 3.8) is 0 Å². The van der Waals surface area contributed by atoms with Crippen LogP contribution in [0, 0.1) is 6.92 Å². The highest BCUT2D eigenvalue weighted by Gasteiger charge is 2.29. The number of allylic oxidation sites excluding steroid dienone is 1. The summed E-state index contributed by atoms with van der Waals surface area (Å²) < 4.78 is 5.89. The van der Waals surface area contributed by atoms with Crippen LogP contribution in [0.25, 0.3) is 5.70 Å². The highest BCUT2D eigenvalue weighted by Crippen LogP contribution is 2.33. The van der Waals surface area contributed by atoms with Crippen molar-refractivity contribution in [2.45, 2.75) is 26.5 Å². The normalized spacial score (nSPS) is 17.3. The van der Waals surface area contributed by atoms with Gasteiger partial charge in [-0.2, -0.15) is 0 Å². The zero-order valence-electron chi connectivity index (χ0n) is 12.9. The molecule has 112 valence electrons. The number of pyridine rings is 1. The first-order valence-corrected chi connectivity index (χ1v) is 7.19. The van der Waals surface area contributed by atoms with Gasteiger partial charge in [0.15, 0.2) is 11.5 Å². The second-order valence-corrected chi connectivity index (χ2v) is 5.85. The number of ether oxygens (including phenoxy) is 1. The van der Waals surface area contributed by atoms with Crippen molar-refractivity contribution in [2.24, 2.45) is 0 Å². The second-order valence-electron chi connectivity index (χ2n) is 5.85. The number of nitrogens with one attached hydrogen (secondary N) is 1. The molecule has 2 aromatic rings. The van der Waals surface area contributed by atoms with Crippen molar-refractivity contribution in [2.75, 3.05) is 0 Å². The minimum atomic E-state index is -0.562. The molecule has 1 aromatic carbocycles. The van der Waals surface area contributed by atoms with Crippen LogP contribution in [0.1, 0.15) is 35.3 Å². The van der Waals surface area contributed by atoms with Gasteiger partial charge in [-0.25, -0.2) is 0 Å². The Morgan fingerprint density at radius 1 is 1.27 bits per heavy atom. The van der Waals surface area contributed by atoms with Gasteiger partial charge in [0.05, 0.1) is 5.70 Å². The van der Waals surface area contributed by atoms with Gasteiger partial charge in [-0.05, 0) is 44.5 Å². The molecule has 4 nitrogen and oxygen atoms in total. The molecule has 22 heavy (non-hydrogen) atoms. The van der Waals surface area contributed by atoms with E-state index in [1.807, 2.05) is 45.0 Å². The quantitative estimate of drug-likeness (QED) is 0.682. The largest absolute Gasteiger partial charge is 0.468 e. The number of hydrogen-bond acceptors (Lipinski definition) is 4. The number of benzene rings is 1. The van der Waals surface area contributed by atoms with Crippen molar-refractivity contribution in [3.8, 4) is 5.75 Å². The molecular weight excluding hydrogens is 276 g/mol. The van der Waals surface area contributed by atoms with E-state index in [4.69, 9.17) is 4.74 Å². The number of carbonyl (C=O) groups excluding carboxylic acids is 1. The standard InChI is InChI=1S/C18H18N2O2/c1-12-11-19-9-8-13(12)16(21)10-15-14-6-4-5-7-17(14)22-18(2,3)20-15/h4-11,20H,1-3H3/b15-10+. The molecule has 0 unspecified atom stereocenters. The van der Waals surface area contributed by atoms with Gasteiger partial charge in [-0.1, -0.05) is 12.1 Å². The smallest absolute Gasteiger partial charge is 0.188 e. The summed E-state index contributed by atoms with van der Waals surface area (Å²) in [5, 5.41) is 3.27. The summed E-state index contributed by atoms with van der Waals surface area (Å²) in [5.41, 5.74) is 2.62. The maximum atomic E-state index is 12.6. The lowest BCUT2D eigenvalue weighted by molar-refractivity contribution is 0.0816. The highest BCUT2D eigenvalue weighted by atomic mass is 16.5. The minimum Gasteiger partial charge on any atom is -0.468 e. The molecule has 0 spiro atoms. The third-order valence-electron chi connectivity index (χ3n) is 3.54. The summed E-state index contributed by atoms with van der Waals surface area (Å²) in [5.74, 6) is 0.728. The third kappa shape index (κ3) is 2.72. The molecule has 0 saturated carbocycles. The summed E-state index contributed by atoms with van der Waals surface area (Å²) in [7, 11) is 0. The molecule has 3 rings (SSSR count). The van der Waals surface area contributed by atoms with Gasteiger partial charge in [-0.15, -0.1) is 0 Å². The zero-order valence-corrected chi connectivity index (χ0v) is 12.9. The van der Waals surface area contributed by atoms with Crippen molar-refractivity contribution in [3.05, 3.63) is 65.5 Å². The minimum absolute atomic E-state index is 0.0464. The van der Waals surface area contributed by atoms with E-state index in [-0.39, 0.29) is 5.78 Å². The molecule has 0 saturated heterocycles. The van der Waals surface area contributed by atoms with Gasteiger partial charge < -0.3 is 10.1 Å². The van der Waals surface area contributed by atoms with Gasteiger partial charge >= 0.3 is 0 Å². The van der Waals surface area contributed by atoms with Crippen LogP contribution in [-0.4, -0.2) is 16.5 Å². The van der Waals surface area contributed by atoms with Crippen LogP contribution in [0.5, 0.6) is 5.75 Å². The molecule has 0 atom stereocenters. The number of para-hydroxylation sites is 1. The Hall–Kier alpha value is -2.62. The Labute approximate surface area is 129 Å². The van der Waals surface area contributed by atoms with Crippen molar-refractivity contribution in [1.82, 2.24) is 10.3 Å². The number of aromatic nitrogens is 1. The Morgan fingerprint density at radius 3 is 2.82 bits per heavy atom. The van der Waals surface area contributed by atoms with Crippen LogP contribution in [0.2, 0.25) is 0 Å². The second kappa shape index (κ2) is 5.30. The Kier molecular flexibility index (Phi) is 3.45. The Bertz CT molecular complexity index is 763. The molecule has 0 amide bonds. The van der Waals surface area contributed by atoms with Crippen LogP contribution >= 0.6 is 0 Å². The first kappa shape index (κ1) is 14.3. The Balaban J connectivity index is 2.04. The van der Waals surface area contributed by atoms with Crippen LogP contribution in [0.3, 0.4) is 0 Å². The SMILES string of the molecule is Cc1cnccc1C(=O)/C=C1/NC(C)(C)Oc2ccccc21. The molecule has 1 N–H and O–H groups in total. The van der Waals surface area contributed by atoms with Crippen LogP contribution in [-0.2, 0) is 0 Å². The maximum Gasteiger partial charge on any atom is 0.188 e. The Morgan fingerprint density at radius 2 is 2.05 bits per heavy atom. The molecule has 1 aliphatic heterocycles. The number of fused-ring (bicyclic) bond motifs is 1. The van der Waals surface area contributed by atoms with Gasteiger partial charge in [-0.3, -0.25) is 9.78 Å². The monoisotopic (exact) mass is 294 g/mol. The first-order valence-electron chi connectivity index (χ1n) is 7.19. The van der Waals surface area contributed by atoms with Crippen LogP contribution < -0.4 is 10.1 Å². The van der Waals surface area contributed by atoms with E-state index in [0.717, 1.165) is 22.6 Å². The third-order valence-corrected chi connectivity index (χ3v) is 3.54. The first-order chi connectivity index (χ1) is 10.5. The molecule has 0 bridgehead atoms. The number of ketones is 1. The van der Waals surface area contributed by atoms with Crippen molar-refractivity contribution < 1.29 is 9.53 Å². The van der Waals surface area contributed by atoms with Crippen LogP contribution in [0.15, 0.2) is 48.8 Å². The molecule has 4 heteroatoms.